The van der Waals surface area contributed by atoms with Crippen LogP contribution in [0, 0.1) is 5.41 Å². The van der Waals surface area contributed by atoms with Crippen LogP contribution in [0.15, 0.2) is 21.3 Å². The molecular formula is C17H31IN4O3S2. The molecule has 2 N–H and O–H groups in total. The van der Waals surface area contributed by atoms with E-state index < -0.39 is 10.0 Å². The molecule has 156 valence electrons. The van der Waals surface area contributed by atoms with Gasteiger partial charge in [0.15, 0.2) is 5.96 Å². The summed E-state index contributed by atoms with van der Waals surface area (Å²) in [5.74, 6) is 0.735. The van der Waals surface area contributed by atoms with E-state index in [0.717, 1.165) is 30.4 Å². The van der Waals surface area contributed by atoms with E-state index in [9.17, 15) is 8.42 Å². The van der Waals surface area contributed by atoms with Gasteiger partial charge in [0.1, 0.15) is 4.21 Å². The summed E-state index contributed by atoms with van der Waals surface area (Å²) in [7, 11) is 3.20. The summed E-state index contributed by atoms with van der Waals surface area (Å²) in [6, 6.07) is 3.49. The van der Waals surface area contributed by atoms with Crippen molar-refractivity contribution in [2.24, 2.45) is 10.4 Å². The predicted molar refractivity (Wildman–Crippen MR) is 122 cm³/mol. The normalized spacial score (nSPS) is 16.6. The summed E-state index contributed by atoms with van der Waals surface area (Å²) in [5.41, 5.74) is 0.309. The molecule has 1 aromatic rings. The lowest BCUT2D eigenvalue weighted by Crippen LogP contribution is -2.46. The third kappa shape index (κ3) is 6.55. The number of methoxy groups -OCH3 is 1. The second-order valence-corrected chi connectivity index (χ2v) is 10.4. The summed E-state index contributed by atoms with van der Waals surface area (Å²) in [6.45, 7) is 2.20. The minimum Gasteiger partial charge on any atom is -0.385 e. The van der Waals surface area contributed by atoms with E-state index in [-0.39, 0.29) is 24.0 Å². The first kappa shape index (κ1) is 24.6. The Bertz CT molecular complexity index is 716. The number of ether oxygens (including phenoxy) is 1. The maximum Gasteiger partial charge on any atom is 0.252 e. The van der Waals surface area contributed by atoms with Gasteiger partial charge in [-0.05, 0) is 36.8 Å². The number of aliphatic imine (C=N–C) groups is 1. The lowest BCUT2D eigenvalue weighted by Gasteiger charge is -2.42. The van der Waals surface area contributed by atoms with E-state index in [1.807, 2.05) is 6.07 Å². The van der Waals surface area contributed by atoms with E-state index in [0.29, 0.717) is 16.2 Å². The third-order valence-electron chi connectivity index (χ3n) is 4.91. The van der Waals surface area contributed by atoms with Crippen molar-refractivity contribution in [3.05, 3.63) is 17.0 Å². The molecular weight excluding hydrogens is 499 g/mol. The molecule has 1 aliphatic rings. The lowest BCUT2D eigenvalue weighted by atomic mass is 9.67. The molecule has 27 heavy (non-hydrogen) atoms. The molecule has 0 aromatic carbocycles. The molecule has 0 amide bonds. The summed E-state index contributed by atoms with van der Waals surface area (Å²) in [6.07, 6.45) is 4.77. The number of nitrogens with zero attached hydrogens (tertiary/aromatic N) is 2. The Labute approximate surface area is 184 Å². The monoisotopic (exact) mass is 530 g/mol. The molecule has 0 radical (unpaired) electrons. The number of hydrogen-bond acceptors (Lipinski definition) is 5. The van der Waals surface area contributed by atoms with Crippen LogP contribution in [0.25, 0.3) is 0 Å². The van der Waals surface area contributed by atoms with E-state index in [1.54, 1.807) is 34.3 Å². The Kier molecular flexibility index (Phi) is 9.97. The van der Waals surface area contributed by atoms with Crippen LogP contribution in [-0.4, -0.2) is 60.1 Å². The zero-order valence-electron chi connectivity index (χ0n) is 16.4. The fourth-order valence-corrected chi connectivity index (χ4v) is 5.41. The second-order valence-electron chi connectivity index (χ2n) is 6.88. The van der Waals surface area contributed by atoms with Gasteiger partial charge in [-0.15, -0.1) is 35.3 Å². The summed E-state index contributed by atoms with van der Waals surface area (Å²) in [5, 5.41) is 6.67. The van der Waals surface area contributed by atoms with Gasteiger partial charge in [-0.2, -0.15) is 0 Å². The van der Waals surface area contributed by atoms with E-state index in [1.165, 1.54) is 34.9 Å². The van der Waals surface area contributed by atoms with Crippen LogP contribution in [0.3, 0.4) is 0 Å². The van der Waals surface area contributed by atoms with E-state index in [2.05, 4.69) is 15.6 Å². The molecule has 0 bridgehead atoms. The van der Waals surface area contributed by atoms with Crippen LogP contribution < -0.4 is 10.6 Å². The summed E-state index contributed by atoms with van der Waals surface area (Å²) >= 11 is 1.28. The van der Waals surface area contributed by atoms with E-state index >= 15 is 0 Å². The molecule has 7 nitrogen and oxygen atoms in total. The standard InChI is InChI=1S/C17H30N4O3S2.HI/c1-18-16(20-13-17(8-5-9-17)10-11-24-4)19-12-14-6-7-15(25-14)26(22,23)21(2)3;/h6-7H,5,8-13H2,1-4H3,(H2,18,19,20);1H. The van der Waals surface area contributed by atoms with Gasteiger partial charge >= 0.3 is 0 Å². The van der Waals surface area contributed by atoms with Crippen molar-refractivity contribution in [3.8, 4) is 0 Å². The van der Waals surface area contributed by atoms with Crippen LogP contribution in [0.4, 0.5) is 0 Å². The number of sulfonamides is 1. The van der Waals surface area contributed by atoms with Crippen LogP contribution in [-0.2, 0) is 21.3 Å². The highest BCUT2D eigenvalue weighted by molar-refractivity contribution is 14.0. The van der Waals surface area contributed by atoms with Gasteiger partial charge in [0, 0.05) is 46.3 Å². The van der Waals surface area contributed by atoms with Crippen LogP contribution in [0.5, 0.6) is 0 Å². The zero-order chi connectivity index (χ0) is 19.2. The van der Waals surface area contributed by atoms with Crippen molar-refractivity contribution < 1.29 is 13.2 Å². The fourth-order valence-electron chi connectivity index (χ4n) is 2.95. The van der Waals surface area contributed by atoms with Crippen LogP contribution in [0.2, 0.25) is 0 Å². The van der Waals surface area contributed by atoms with Gasteiger partial charge < -0.3 is 15.4 Å². The first-order valence-electron chi connectivity index (χ1n) is 8.78. The van der Waals surface area contributed by atoms with Gasteiger partial charge in [0.05, 0.1) is 6.54 Å². The SMILES string of the molecule is CN=C(NCc1ccc(S(=O)(=O)N(C)C)s1)NCC1(CCOC)CCC1.I. The molecule has 1 saturated carbocycles. The van der Waals surface area contributed by atoms with Crippen molar-refractivity contribution in [2.45, 2.75) is 36.4 Å². The Morgan fingerprint density at radius 3 is 2.56 bits per heavy atom. The largest absolute Gasteiger partial charge is 0.385 e. The van der Waals surface area contributed by atoms with Crippen molar-refractivity contribution in [2.75, 3.05) is 41.4 Å². The van der Waals surface area contributed by atoms with Gasteiger partial charge in [0.2, 0.25) is 0 Å². The fraction of sp³-hybridized carbons (Fsp3) is 0.706. The first-order chi connectivity index (χ1) is 12.3. The Morgan fingerprint density at radius 2 is 2.04 bits per heavy atom. The molecule has 2 rings (SSSR count). The lowest BCUT2D eigenvalue weighted by molar-refractivity contribution is 0.0732. The average molecular weight is 530 g/mol. The summed E-state index contributed by atoms with van der Waals surface area (Å²) in [4.78, 5) is 5.22. The molecule has 0 spiro atoms. The summed E-state index contributed by atoms with van der Waals surface area (Å²) < 4.78 is 31.1. The Hall–Kier alpha value is -0.430. The van der Waals surface area contributed by atoms with Crippen molar-refractivity contribution in [1.82, 2.24) is 14.9 Å². The molecule has 0 aliphatic heterocycles. The zero-order valence-corrected chi connectivity index (χ0v) is 20.4. The van der Waals surface area contributed by atoms with Crippen molar-refractivity contribution in [3.63, 3.8) is 0 Å². The smallest absolute Gasteiger partial charge is 0.252 e. The highest BCUT2D eigenvalue weighted by Gasteiger charge is 2.36. The maximum absolute atomic E-state index is 12.1. The Balaban J connectivity index is 0.00000364. The van der Waals surface area contributed by atoms with Crippen molar-refractivity contribution in [1.29, 1.82) is 0 Å². The predicted octanol–water partition coefficient (Wildman–Crippen LogP) is 2.49. The molecule has 1 aromatic heterocycles. The molecule has 10 heteroatoms. The number of hydrogen-bond donors (Lipinski definition) is 2. The molecule has 0 unspecified atom stereocenters. The first-order valence-corrected chi connectivity index (χ1v) is 11.0. The van der Waals surface area contributed by atoms with Crippen LogP contribution in [0.1, 0.15) is 30.6 Å². The van der Waals surface area contributed by atoms with Gasteiger partial charge in [0.25, 0.3) is 10.0 Å². The topological polar surface area (TPSA) is 83.0 Å². The number of nitrogens with one attached hydrogen (secondary N) is 2. The van der Waals surface area contributed by atoms with E-state index in [4.69, 9.17) is 4.74 Å². The van der Waals surface area contributed by atoms with Gasteiger partial charge in [-0.25, -0.2) is 12.7 Å². The van der Waals surface area contributed by atoms with Gasteiger partial charge in [-0.3, -0.25) is 4.99 Å². The Morgan fingerprint density at radius 1 is 1.33 bits per heavy atom. The van der Waals surface area contributed by atoms with Crippen molar-refractivity contribution >= 4 is 51.3 Å². The molecule has 0 saturated heterocycles. The number of rotatable bonds is 9. The third-order valence-corrected chi connectivity index (χ3v) is 8.27. The number of guanidine groups is 1. The van der Waals surface area contributed by atoms with Crippen LogP contribution >= 0.6 is 35.3 Å². The number of thiophene rings is 1. The highest BCUT2D eigenvalue weighted by Crippen LogP contribution is 2.43. The highest BCUT2D eigenvalue weighted by atomic mass is 127. The quantitative estimate of drug-likeness (QED) is 0.291. The molecule has 1 heterocycles. The molecule has 1 fully saturated rings. The maximum atomic E-state index is 12.1. The molecule has 0 atom stereocenters. The minimum atomic E-state index is -3.37. The average Bonchev–Trinajstić information content (AvgIpc) is 3.05. The molecule has 1 aliphatic carbocycles. The van der Waals surface area contributed by atoms with Gasteiger partial charge in [-0.1, -0.05) is 6.42 Å². The second kappa shape index (κ2) is 10.9. The number of halogens is 1. The minimum absolute atomic E-state index is 0.